The maximum absolute atomic E-state index is 9.01. The van der Waals surface area contributed by atoms with Gasteiger partial charge in [-0.15, -0.1) is 0 Å². The van der Waals surface area contributed by atoms with Crippen molar-refractivity contribution in [1.82, 2.24) is 0 Å². The molecule has 1 atom stereocenters. The van der Waals surface area contributed by atoms with Gasteiger partial charge < -0.3 is 14.6 Å². The number of rotatable bonds is 6. The zero-order valence-electron chi connectivity index (χ0n) is 12.8. The summed E-state index contributed by atoms with van der Waals surface area (Å²) in [6.45, 7) is 4.92. The molecule has 0 aliphatic heterocycles. The first kappa shape index (κ1) is 16.8. The lowest BCUT2D eigenvalue weighted by Crippen LogP contribution is -2.29. The van der Waals surface area contributed by atoms with E-state index in [0.717, 1.165) is 41.5 Å². The second kappa shape index (κ2) is 8.16. The Kier molecular flexibility index (Phi) is 6.52. The van der Waals surface area contributed by atoms with Gasteiger partial charge in [0, 0.05) is 22.6 Å². The Balaban J connectivity index is 1.78. The number of hydrogen-bond acceptors (Lipinski definition) is 3. The van der Waals surface area contributed by atoms with Crippen LogP contribution in [0.15, 0.2) is 22.7 Å². The predicted molar refractivity (Wildman–Crippen MR) is 87.8 cm³/mol. The van der Waals surface area contributed by atoms with Crippen LogP contribution in [0.5, 0.6) is 5.75 Å². The Hall–Kier alpha value is -0.580. The largest absolute Gasteiger partial charge is 0.490 e. The summed E-state index contributed by atoms with van der Waals surface area (Å²) in [5.74, 6) is 1.20. The minimum absolute atomic E-state index is 0.195. The van der Waals surface area contributed by atoms with Gasteiger partial charge in [0.25, 0.3) is 0 Å². The van der Waals surface area contributed by atoms with Gasteiger partial charge >= 0.3 is 0 Å². The highest BCUT2D eigenvalue weighted by Gasteiger charge is 2.23. The normalized spacial score (nSPS) is 23.8. The van der Waals surface area contributed by atoms with Crippen molar-refractivity contribution in [3.8, 4) is 5.75 Å². The van der Waals surface area contributed by atoms with Crippen LogP contribution in [-0.2, 0) is 4.74 Å². The molecule has 1 saturated carbocycles. The van der Waals surface area contributed by atoms with E-state index in [9.17, 15) is 0 Å². The van der Waals surface area contributed by atoms with Crippen molar-refractivity contribution in [2.24, 2.45) is 5.92 Å². The smallest absolute Gasteiger partial charge is 0.123 e. The van der Waals surface area contributed by atoms with Gasteiger partial charge in [-0.3, -0.25) is 0 Å². The number of hydrogen-bond donors (Lipinski definition) is 1. The van der Waals surface area contributed by atoms with Crippen molar-refractivity contribution in [2.45, 2.75) is 51.7 Å². The van der Waals surface area contributed by atoms with E-state index in [4.69, 9.17) is 14.6 Å². The van der Waals surface area contributed by atoms with Crippen LogP contribution in [0.2, 0.25) is 0 Å². The van der Waals surface area contributed by atoms with Gasteiger partial charge in [0.2, 0.25) is 0 Å². The Morgan fingerprint density at radius 3 is 2.57 bits per heavy atom. The van der Waals surface area contributed by atoms with Crippen molar-refractivity contribution in [1.29, 1.82) is 0 Å². The molecule has 1 aliphatic carbocycles. The van der Waals surface area contributed by atoms with Crippen LogP contribution < -0.4 is 4.74 Å². The molecule has 1 aliphatic rings. The van der Waals surface area contributed by atoms with E-state index in [2.05, 4.69) is 22.9 Å². The number of aliphatic hydroxyl groups is 1. The first-order valence-electron chi connectivity index (χ1n) is 7.74. The Morgan fingerprint density at radius 2 is 1.90 bits per heavy atom. The van der Waals surface area contributed by atoms with E-state index in [1.807, 2.05) is 25.1 Å². The maximum Gasteiger partial charge on any atom is 0.123 e. The quantitative estimate of drug-likeness (QED) is 0.833. The first-order chi connectivity index (χ1) is 10.1. The topological polar surface area (TPSA) is 38.7 Å². The summed E-state index contributed by atoms with van der Waals surface area (Å²) in [6, 6.07) is 6.08. The molecule has 0 bridgehead atoms. The lowest BCUT2D eigenvalue weighted by molar-refractivity contribution is -0.0177. The summed E-state index contributed by atoms with van der Waals surface area (Å²) in [7, 11) is 0. The third-order valence-electron chi connectivity index (χ3n) is 4.06. The lowest BCUT2D eigenvalue weighted by Gasteiger charge is -2.30. The third-order valence-corrected chi connectivity index (χ3v) is 4.92. The van der Waals surface area contributed by atoms with Crippen molar-refractivity contribution in [3.05, 3.63) is 28.2 Å². The Bertz CT molecular complexity index is 442. The molecule has 0 amide bonds. The van der Waals surface area contributed by atoms with Crippen molar-refractivity contribution >= 4 is 15.9 Å². The van der Waals surface area contributed by atoms with Crippen LogP contribution >= 0.6 is 15.9 Å². The van der Waals surface area contributed by atoms with Crippen LogP contribution in [0.25, 0.3) is 0 Å². The highest BCUT2D eigenvalue weighted by Crippen LogP contribution is 2.30. The van der Waals surface area contributed by atoms with Gasteiger partial charge in [-0.25, -0.2) is 0 Å². The fourth-order valence-corrected chi connectivity index (χ4v) is 2.91. The number of aliphatic hydroxyl groups excluding tert-OH is 1. The fourth-order valence-electron chi connectivity index (χ4n) is 2.56. The van der Waals surface area contributed by atoms with Crippen molar-refractivity contribution in [2.75, 3.05) is 13.2 Å². The van der Waals surface area contributed by atoms with Crippen LogP contribution in [-0.4, -0.2) is 30.5 Å². The fraction of sp³-hybridized carbons (Fsp3) is 0.647. The molecule has 0 radical (unpaired) electrons. The van der Waals surface area contributed by atoms with Crippen LogP contribution in [0.3, 0.4) is 0 Å². The monoisotopic (exact) mass is 356 g/mol. The van der Waals surface area contributed by atoms with E-state index < -0.39 is 0 Å². The summed E-state index contributed by atoms with van der Waals surface area (Å²) in [4.78, 5) is 0. The van der Waals surface area contributed by atoms with Gasteiger partial charge in [-0.1, -0.05) is 28.9 Å². The molecule has 2 rings (SSSR count). The maximum atomic E-state index is 9.01. The highest BCUT2D eigenvalue weighted by molar-refractivity contribution is 9.10. The Morgan fingerprint density at radius 1 is 1.24 bits per heavy atom. The molecule has 21 heavy (non-hydrogen) atoms. The molecule has 0 saturated heterocycles. The predicted octanol–water partition coefficient (Wildman–Crippen LogP) is 4.09. The highest BCUT2D eigenvalue weighted by atomic mass is 79.9. The second-order valence-corrected chi connectivity index (χ2v) is 6.85. The van der Waals surface area contributed by atoms with Crippen LogP contribution in [0, 0.1) is 12.8 Å². The number of ether oxygens (including phenoxy) is 2. The van der Waals surface area contributed by atoms with Crippen LogP contribution in [0.4, 0.5) is 0 Å². The van der Waals surface area contributed by atoms with Gasteiger partial charge in [0.15, 0.2) is 0 Å². The molecule has 0 spiro atoms. The molecule has 1 N–H and O–H groups in total. The van der Waals surface area contributed by atoms with Gasteiger partial charge in [-0.05, 0) is 44.7 Å². The first-order valence-corrected chi connectivity index (χ1v) is 8.53. The van der Waals surface area contributed by atoms with E-state index in [0.29, 0.717) is 12.7 Å². The molecule has 4 heteroatoms. The second-order valence-electron chi connectivity index (χ2n) is 6.00. The Labute approximate surface area is 135 Å². The van der Waals surface area contributed by atoms with Crippen molar-refractivity contribution < 1.29 is 14.6 Å². The standard InChI is InChI=1S/C17H25BrO3/c1-12(10-19)11-20-14-6-8-15(9-7-14)21-17-5-3-4-16(18)13(17)2/h3-5,12,14-15,19H,6-11H2,1-2H3. The lowest BCUT2D eigenvalue weighted by atomic mass is 9.94. The van der Waals surface area contributed by atoms with E-state index in [-0.39, 0.29) is 18.6 Å². The van der Waals surface area contributed by atoms with Crippen molar-refractivity contribution in [3.63, 3.8) is 0 Å². The molecule has 1 aromatic carbocycles. The molecule has 1 unspecified atom stereocenters. The van der Waals surface area contributed by atoms with Gasteiger partial charge in [-0.2, -0.15) is 0 Å². The zero-order valence-corrected chi connectivity index (χ0v) is 14.4. The summed E-state index contributed by atoms with van der Waals surface area (Å²) in [6.07, 6.45) is 4.75. The zero-order chi connectivity index (χ0) is 15.2. The van der Waals surface area contributed by atoms with E-state index in [1.165, 1.54) is 0 Å². The summed E-state index contributed by atoms with van der Waals surface area (Å²) in [5.41, 5.74) is 1.16. The third kappa shape index (κ3) is 4.97. The average Bonchev–Trinajstić information content (AvgIpc) is 2.51. The van der Waals surface area contributed by atoms with E-state index in [1.54, 1.807) is 0 Å². The molecule has 1 aromatic rings. The molecule has 1 fully saturated rings. The summed E-state index contributed by atoms with van der Waals surface area (Å²) in [5, 5.41) is 9.01. The summed E-state index contributed by atoms with van der Waals surface area (Å²) < 4.78 is 13.1. The summed E-state index contributed by atoms with van der Waals surface area (Å²) >= 11 is 3.54. The molecule has 3 nitrogen and oxygen atoms in total. The van der Waals surface area contributed by atoms with Gasteiger partial charge in [0.05, 0.1) is 18.8 Å². The molecular formula is C17H25BrO3. The molecule has 0 aromatic heterocycles. The molecular weight excluding hydrogens is 332 g/mol. The minimum Gasteiger partial charge on any atom is -0.490 e. The average molecular weight is 357 g/mol. The van der Waals surface area contributed by atoms with E-state index >= 15 is 0 Å². The molecule has 0 heterocycles. The SMILES string of the molecule is Cc1c(Br)cccc1OC1CCC(OCC(C)CO)CC1. The number of halogens is 1. The van der Waals surface area contributed by atoms with Gasteiger partial charge in [0.1, 0.15) is 5.75 Å². The minimum atomic E-state index is 0.195. The van der Waals surface area contributed by atoms with Crippen LogP contribution in [0.1, 0.15) is 38.2 Å². The number of benzene rings is 1. The molecule has 118 valence electrons.